The van der Waals surface area contributed by atoms with Crippen LogP contribution < -0.4 is 10.1 Å². The molecule has 0 aliphatic heterocycles. The highest BCUT2D eigenvalue weighted by Crippen LogP contribution is 2.22. The molecule has 2 rings (SSSR count). The minimum absolute atomic E-state index is 0.215. The predicted octanol–water partition coefficient (Wildman–Crippen LogP) is 2.90. The number of hydrogen-bond acceptors (Lipinski definition) is 3. The Morgan fingerprint density at radius 3 is 2.47 bits per heavy atom. The molecule has 0 fully saturated rings. The lowest BCUT2D eigenvalue weighted by atomic mass is 9.99. The smallest absolute Gasteiger partial charge is 0.118 e. The lowest BCUT2D eigenvalue weighted by Crippen LogP contribution is -2.18. The van der Waals surface area contributed by atoms with Crippen molar-refractivity contribution in [1.82, 2.24) is 5.32 Å². The van der Waals surface area contributed by atoms with Crippen LogP contribution in [0.3, 0.4) is 0 Å². The van der Waals surface area contributed by atoms with Gasteiger partial charge in [0, 0.05) is 6.04 Å². The molecule has 3 nitrogen and oxygen atoms in total. The van der Waals surface area contributed by atoms with E-state index in [1.54, 1.807) is 19.2 Å². The van der Waals surface area contributed by atoms with Crippen LogP contribution in [0.25, 0.3) is 0 Å². The lowest BCUT2D eigenvalue weighted by Gasteiger charge is -2.17. The SMILES string of the molecule is CNC(Cc1cccc(O)c1)c1ccc(OC)cc1. The Kier molecular flexibility index (Phi) is 4.42. The van der Waals surface area contributed by atoms with E-state index in [0.717, 1.165) is 17.7 Å². The van der Waals surface area contributed by atoms with Gasteiger partial charge in [-0.3, -0.25) is 0 Å². The highest BCUT2D eigenvalue weighted by molar-refractivity contribution is 5.32. The van der Waals surface area contributed by atoms with Crippen LogP contribution in [-0.4, -0.2) is 19.3 Å². The van der Waals surface area contributed by atoms with E-state index in [-0.39, 0.29) is 6.04 Å². The van der Waals surface area contributed by atoms with Crippen LogP contribution in [0, 0.1) is 0 Å². The molecule has 0 aliphatic carbocycles. The largest absolute Gasteiger partial charge is 0.508 e. The maximum atomic E-state index is 9.50. The fraction of sp³-hybridized carbons (Fsp3) is 0.250. The molecular weight excluding hydrogens is 238 g/mol. The molecular formula is C16H19NO2. The second kappa shape index (κ2) is 6.25. The minimum atomic E-state index is 0.215. The quantitative estimate of drug-likeness (QED) is 0.865. The van der Waals surface area contributed by atoms with Gasteiger partial charge in [-0.2, -0.15) is 0 Å². The summed E-state index contributed by atoms with van der Waals surface area (Å²) < 4.78 is 5.16. The molecule has 0 bridgehead atoms. The predicted molar refractivity (Wildman–Crippen MR) is 76.6 cm³/mol. The molecule has 2 N–H and O–H groups in total. The molecule has 1 unspecified atom stereocenters. The van der Waals surface area contributed by atoms with Crippen LogP contribution in [0.15, 0.2) is 48.5 Å². The zero-order valence-electron chi connectivity index (χ0n) is 11.3. The van der Waals surface area contributed by atoms with Crippen LogP contribution in [0.2, 0.25) is 0 Å². The number of nitrogens with one attached hydrogen (secondary N) is 1. The Morgan fingerprint density at radius 1 is 1.16 bits per heavy atom. The molecule has 0 radical (unpaired) electrons. The van der Waals surface area contributed by atoms with Crippen molar-refractivity contribution in [3.05, 3.63) is 59.7 Å². The normalized spacial score (nSPS) is 12.1. The Balaban J connectivity index is 2.15. The third-order valence-electron chi connectivity index (χ3n) is 3.22. The van der Waals surface area contributed by atoms with Crippen molar-refractivity contribution >= 4 is 0 Å². The molecule has 2 aromatic rings. The Bertz CT molecular complexity index is 523. The summed E-state index contributed by atoms with van der Waals surface area (Å²) >= 11 is 0. The van der Waals surface area contributed by atoms with E-state index in [1.807, 2.05) is 31.3 Å². The standard InChI is InChI=1S/C16H19NO2/c1-17-16(11-12-4-3-5-14(18)10-12)13-6-8-15(19-2)9-7-13/h3-10,16-18H,11H2,1-2H3. The first-order valence-electron chi connectivity index (χ1n) is 6.32. The number of hydrogen-bond donors (Lipinski definition) is 2. The molecule has 3 heteroatoms. The summed E-state index contributed by atoms with van der Waals surface area (Å²) in [6, 6.07) is 15.6. The average Bonchev–Trinajstić information content (AvgIpc) is 2.45. The minimum Gasteiger partial charge on any atom is -0.508 e. The molecule has 0 saturated heterocycles. The Morgan fingerprint density at radius 2 is 1.89 bits per heavy atom. The van der Waals surface area contributed by atoms with Gasteiger partial charge in [0.05, 0.1) is 7.11 Å². The summed E-state index contributed by atoms with van der Waals surface area (Å²) in [5.74, 6) is 1.16. The van der Waals surface area contributed by atoms with Gasteiger partial charge in [0.15, 0.2) is 0 Å². The number of rotatable bonds is 5. The fourth-order valence-corrected chi connectivity index (χ4v) is 2.14. The van der Waals surface area contributed by atoms with E-state index in [0.29, 0.717) is 5.75 Å². The maximum absolute atomic E-state index is 9.50. The highest BCUT2D eigenvalue weighted by Gasteiger charge is 2.10. The van der Waals surface area contributed by atoms with Crippen molar-refractivity contribution in [2.24, 2.45) is 0 Å². The second-order valence-corrected chi connectivity index (χ2v) is 4.49. The van der Waals surface area contributed by atoms with E-state index in [9.17, 15) is 5.11 Å². The maximum Gasteiger partial charge on any atom is 0.118 e. The summed E-state index contributed by atoms with van der Waals surface area (Å²) in [6.45, 7) is 0. The van der Waals surface area contributed by atoms with E-state index >= 15 is 0 Å². The summed E-state index contributed by atoms with van der Waals surface area (Å²) in [6.07, 6.45) is 0.831. The number of phenolic OH excluding ortho intramolecular Hbond substituents is 1. The number of ether oxygens (including phenoxy) is 1. The first kappa shape index (κ1) is 13.4. The third kappa shape index (κ3) is 3.48. The van der Waals surface area contributed by atoms with Gasteiger partial charge in [-0.15, -0.1) is 0 Å². The Hall–Kier alpha value is -2.00. The van der Waals surface area contributed by atoms with E-state index in [4.69, 9.17) is 4.74 Å². The van der Waals surface area contributed by atoms with Gasteiger partial charge >= 0.3 is 0 Å². The van der Waals surface area contributed by atoms with Crippen LogP contribution in [0.5, 0.6) is 11.5 Å². The van der Waals surface area contributed by atoms with E-state index in [2.05, 4.69) is 17.4 Å². The van der Waals surface area contributed by atoms with Gasteiger partial charge < -0.3 is 15.2 Å². The molecule has 19 heavy (non-hydrogen) atoms. The summed E-state index contributed by atoms with van der Waals surface area (Å²) in [4.78, 5) is 0. The molecule has 1 atom stereocenters. The average molecular weight is 257 g/mol. The van der Waals surface area contributed by atoms with Gasteiger partial charge in [0.25, 0.3) is 0 Å². The molecule has 0 spiro atoms. The number of methoxy groups -OCH3 is 1. The molecule has 0 aromatic heterocycles. The van der Waals surface area contributed by atoms with Crippen LogP contribution in [0.1, 0.15) is 17.2 Å². The van der Waals surface area contributed by atoms with Crippen LogP contribution in [0.4, 0.5) is 0 Å². The Labute approximate surface area is 113 Å². The summed E-state index contributed by atoms with van der Waals surface area (Å²) in [7, 11) is 3.61. The van der Waals surface area contributed by atoms with E-state index < -0.39 is 0 Å². The van der Waals surface area contributed by atoms with Crippen molar-refractivity contribution in [2.45, 2.75) is 12.5 Å². The molecule has 2 aromatic carbocycles. The molecule has 0 aliphatic rings. The fourth-order valence-electron chi connectivity index (χ4n) is 2.14. The van der Waals surface area contributed by atoms with E-state index in [1.165, 1.54) is 5.56 Å². The number of likely N-dealkylation sites (N-methyl/N-ethyl adjacent to an activating group) is 1. The zero-order valence-corrected chi connectivity index (χ0v) is 11.3. The topological polar surface area (TPSA) is 41.5 Å². The zero-order chi connectivity index (χ0) is 13.7. The second-order valence-electron chi connectivity index (χ2n) is 4.49. The molecule has 100 valence electrons. The molecule has 0 amide bonds. The van der Waals surface area contributed by atoms with Crippen molar-refractivity contribution in [1.29, 1.82) is 0 Å². The van der Waals surface area contributed by atoms with Gasteiger partial charge in [-0.25, -0.2) is 0 Å². The van der Waals surface area contributed by atoms with Crippen LogP contribution in [-0.2, 0) is 6.42 Å². The van der Waals surface area contributed by atoms with Crippen LogP contribution >= 0.6 is 0 Å². The van der Waals surface area contributed by atoms with Crippen molar-refractivity contribution in [3.8, 4) is 11.5 Å². The van der Waals surface area contributed by atoms with Crippen molar-refractivity contribution in [3.63, 3.8) is 0 Å². The van der Waals surface area contributed by atoms with Gasteiger partial charge in [0.1, 0.15) is 11.5 Å². The first-order chi connectivity index (χ1) is 9.22. The third-order valence-corrected chi connectivity index (χ3v) is 3.22. The van der Waals surface area contributed by atoms with Gasteiger partial charge in [-0.05, 0) is 48.9 Å². The van der Waals surface area contributed by atoms with Crippen molar-refractivity contribution < 1.29 is 9.84 Å². The number of benzene rings is 2. The van der Waals surface area contributed by atoms with Crippen molar-refractivity contribution in [2.75, 3.05) is 14.2 Å². The first-order valence-corrected chi connectivity index (χ1v) is 6.32. The highest BCUT2D eigenvalue weighted by atomic mass is 16.5. The lowest BCUT2D eigenvalue weighted by molar-refractivity contribution is 0.414. The summed E-state index contributed by atoms with van der Waals surface area (Å²) in [5.41, 5.74) is 2.31. The monoisotopic (exact) mass is 257 g/mol. The van der Waals surface area contributed by atoms with Gasteiger partial charge in [-0.1, -0.05) is 24.3 Å². The number of phenols is 1. The molecule has 0 saturated carbocycles. The van der Waals surface area contributed by atoms with Gasteiger partial charge in [0.2, 0.25) is 0 Å². The molecule has 0 heterocycles. The summed E-state index contributed by atoms with van der Waals surface area (Å²) in [5, 5.41) is 12.8. The number of aromatic hydroxyl groups is 1.